The molecule has 10 nitrogen and oxygen atoms in total. The van der Waals surface area contributed by atoms with Crippen LogP contribution in [-0.4, -0.2) is 56.0 Å². The first-order valence-corrected chi connectivity index (χ1v) is 17.1. The number of aliphatic hydroxyl groups is 2. The molecule has 0 aromatic heterocycles. The maximum atomic E-state index is 11.1. The van der Waals surface area contributed by atoms with Crippen LogP contribution < -0.4 is 28.4 Å². The number of ether oxygens (including phenoxy) is 7. The van der Waals surface area contributed by atoms with Crippen LogP contribution in [0.3, 0.4) is 0 Å². The highest BCUT2D eigenvalue weighted by Gasteiger charge is 2.41. The van der Waals surface area contributed by atoms with Crippen LogP contribution in [0.2, 0.25) is 0 Å². The van der Waals surface area contributed by atoms with Crippen LogP contribution >= 0.6 is 0 Å². The lowest BCUT2D eigenvalue weighted by Crippen LogP contribution is -2.22. The van der Waals surface area contributed by atoms with E-state index in [9.17, 15) is 15.3 Å². The summed E-state index contributed by atoms with van der Waals surface area (Å²) in [5, 5.41) is 32.2. The summed E-state index contributed by atoms with van der Waals surface area (Å²) in [7, 11) is 6.27. The minimum Gasteiger partial charge on any atom is -0.504 e. The molecule has 1 fully saturated rings. The van der Waals surface area contributed by atoms with E-state index in [1.807, 2.05) is 68.4 Å². The van der Waals surface area contributed by atoms with Gasteiger partial charge in [0.05, 0.1) is 40.6 Å². The van der Waals surface area contributed by atoms with E-state index in [1.165, 1.54) is 13.2 Å². The second-order valence-corrected chi connectivity index (χ2v) is 13.2. The molecule has 4 aromatic carbocycles. The highest BCUT2D eigenvalue weighted by atomic mass is 16.5. The number of aryl methyl sites for hydroxylation is 1. The molecule has 0 radical (unpaired) electrons. The van der Waals surface area contributed by atoms with Gasteiger partial charge in [0.2, 0.25) is 0 Å². The fourth-order valence-electron chi connectivity index (χ4n) is 6.69. The Morgan fingerprint density at radius 3 is 1.37 bits per heavy atom. The van der Waals surface area contributed by atoms with Crippen LogP contribution in [0.25, 0.3) is 0 Å². The Bertz CT molecular complexity index is 1660. The largest absolute Gasteiger partial charge is 0.504 e. The summed E-state index contributed by atoms with van der Waals surface area (Å²) >= 11 is 0. The Hall–Kier alpha value is -4.64. The topological polar surface area (TPSA) is 125 Å². The summed E-state index contributed by atoms with van der Waals surface area (Å²) in [4.78, 5) is 0. The Balaban J connectivity index is 1.28. The van der Waals surface area contributed by atoms with Crippen molar-refractivity contribution in [1.82, 2.24) is 0 Å². The first-order valence-electron chi connectivity index (χ1n) is 17.1. The normalized spacial score (nSPS) is 20.9. The molecule has 5 rings (SSSR count). The number of aromatic hydroxyl groups is 1. The van der Waals surface area contributed by atoms with Gasteiger partial charge in [0.25, 0.3) is 0 Å². The van der Waals surface area contributed by atoms with E-state index in [0.29, 0.717) is 34.3 Å². The van der Waals surface area contributed by atoms with Gasteiger partial charge in [0, 0.05) is 0 Å². The maximum Gasteiger partial charge on any atom is 0.161 e. The highest BCUT2D eigenvalue weighted by molar-refractivity contribution is 5.47. The van der Waals surface area contributed by atoms with Crippen molar-refractivity contribution in [1.29, 1.82) is 0 Å². The molecule has 0 amide bonds. The zero-order chi connectivity index (χ0) is 37.0. The quantitative estimate of drug-likeness (QED) is 0.120. The molecule has 274 valence electrons. The maximum absolute atomic E-state index is 11.1. The number of phenols is 1. The molecule has 1 saturated heterocycles. The van der Waals surface area contributed by atoms with Gasteiger partial charge in [-0.1, -0.05) is 38.1 Å². The molecule has 8 atom stereocenters. The SMILES string of the molecule is COc1ccc([C@@H](O)[C@@H](C)Oc2ccc(C3O[C@H](c4ccc(O[C@H](C)[C@H](O)c5ccc(OC)c(O)c5)c(OC)c4)[C@H](C)[C@H]3C)cc2OC)cc1C. The third-order valence-electron chi connectivity index (χ3n) is 9.93. The lowest BCUT2D eigenvalue weighted by molar-refractivity contribution is 0.0281. The molecule has 0 bridgehead atoms. The number of methoxy groups -OCH3 is 4. The van der Waals surface area contributed by atoms with Crippen LogP contribution in [-0.2, 0) is 4.74 Å². The van der Waals surface area contributed by atoms with Gasteiger partial charge in [-0.05, 0) is 109 Å². The van der Waals surface area contributed by atoms with E-state index in [2.05, 4.69) is 13.8 Å². The Morgan fingerprint density at radius 2 is 0.961 bits per heavy atom. The van der Waals surface area contributed by atoms with Gasteiger partial charge < -0.3 is 48.5 Å². The fraction of sp³-hybridized carbons (Fsp3) is 0.415. The first kappa shape index (κ1) is 37.6. The van der Waals surface area contributed by atoms with E-state index in [1.54, 1.807) is 40.4 Å². The van der Waals surface area contributed by atoms with Gasteiger partial charge in [0.1, 0.15) is 30.2 Å². The minimum atomic E-state index is -1.01. The van der Waals surface area contributed by atoms with Crippen molar-refractivity contribution in [3.05, 3.63) is 101 Å². The van der Waals surface area contributed by atoms with Crippen LogP contribution in [0.15, 0.2) is 72.8 Å². The van der Waals surface area contributed by atoms with Gasteiger partial charge >= 0.3 is 0 Å². The third-order valence-corrected chi connectivity index (χ3v) is 9.93. The molecule has 1 aliphatic rings. The lowest BCUT2D eigenvalue weighted by Gasteiger charge is -2.24. The van der Waals surface area contributed by atoms with Gasteiger partial charge in [0.15, 0.2) is 34.5 Å². The van der Waals surface area contributed by atoms with E-state index in [-0.39, 0.29) is 29.8 Å². The van der Waals surface area contributed by atoms with Crippen molar-refractivity contribution in [2.24, 2.45) is 11.8 Å². The van der Waals surface area contributed by atoms with E-state index < -0.39 is 24.4 Å². The standard InChI is InChI=1S/C41H50O10/c1-22-18-27(10-14-32(22)45-6)38(43)25(4)49-34-16-12-29(20-36(34)47-8)40-23(2)24(3)41(51-40)30-13-17-35(37(21-30)48-9)50-26(5)39(44)28-11-15-33(46-7)31(42)19-28/h10-21,23-26,38-44H,1-9H3/t23-,24-,25-,26-,38+,39+,40?,41+/m1/s1. The molecule has 10 heteroatoms. The Kier molecular flexibility index (Phi) is 11.9. The second kappa shape index (κ2) is 16.1. The van der Waals surface area contributed by atoms with Crippen LogP contribution in [0, 0.1) is 18.8 Å². The van der Waals surface area contributed by atoms with Crippen molar-refractivity contribution < 1.29 is 48.5 Å². The molecule has 51 heavy (non-hydrogen) atoms. The van der Waals surface area contributed by atoms with Crippen LogP contribution in [0.1, 0.15) is 79.9 Å². The number of hydrogen-bond donors (Lipinski definition) is 3. The molecule has 3 N–H and O–H groups in total. The minimum absolute atomic E-state index is 0.0608. The van der Waals surface area contributed by atoms with Crippen molar-refractivity contribution in [3.8, 4) is 40.2 Å². The molecule has 1 heterocycles. The van der Waals surface area contributed by atoms with E-state index >= 15 is 0 Å². The summed E-state index contributed by atoms with van der Waals surface area (Å²) in [5.41, 5.74) is 4.07. The fourth-order valence-corrected chi connectivity index (χ4v) is 6.69. The average molecular weight is 703 g/mol. The Labute approximate surface area is 300 Å². The van der Waals surface area contributed by atoms with Crippen LogP contribution in [0.4, 0.5) is 0 Å². The second-order valence-electron chi connectivity index (χ2n) is 13.2. The zero-order valence-corrected chi connectivity index (χ0v) is 30.7. The molecule has 0 saturated carbocycles. The Morgan fingerprint density at radius 1 is 0.549 bits per heavy atom. The molecule has 0 aliphatic carbocycles. The monoisotopic (exact) mass is 702 g/mol. The van der Waals surface area contributed by atoms with Crippen LogP contribution in [0.5, 0.6) is 40.2 Å². The predicted molar refractivity (Wildman–Crippen MR) is 193 cm³/mol. The predicted octanol–water partition coefficient (Wildman–Crippen LogP) is 7.82. The number of benzene rings is 4. The summed E-state index contributed by atoms with van der Waals surface area (Å²) in [6.45, 7) is 9.87. The molecule has 1 aliphatic heterocycles. The number of hydrogen-bond acceptors (Lipinski definition) is 10. The third kappa shape index (κ3) is 7.98. The molecule has 1 unspecified atom stereocenters. The van der Waals surface area contributed by atoms with Gasteiger partial charge in [-0.25, -0.2) is 0 Å². The van der Waals surface area contributed by atoms with E-state index in [4.69, 9.17) is 33.2 Å². The number of rotatable bonds is 14. The van der Waals surface area contributed by atoms with Crippen molar-refractivity contribution in [2.75, 3.05) is 28.4 Å². The molecular formula is C41H50O10. The molecular weight excluding hydrogens is 652 g/mol. The first-order chi connectivity index (χ1) is 24.4. The molecule has 0 spiro atoms. The summed E-state index contributed by atoms with van der Waals surface area (Å²) in [6, 6.07) is 21.8. The van der Waals surface area contributed by atoms with Crippen molar-refractivity contribution in [2.45, 2.75) is 71.2 Å². The summed E-state index contributed by atoms with van der Waals surface area (Å²) in [6.07, 6.45) is -3.50. The number of aliphatic hydroxyl groups excluding tert-OH is 2. The highest BCUT2D eigenvalue weighted by Crippen LogP contribution is 2.51. The van der Waals surface area contributed by atoms with Crippen molar-refractivity contribution in [3.63, 3.8) is 0 Å². The van der Waals surface area contributed by atoms with Crippen molar-refractivity contribution >= 4 is 0 Å². The average Bonchev–Trinajstić information content (AvgIpc) is 3.44. The lowest BCUT2D eigenvalue weighted by atomic mass is 9.85. The van der Waals surface area contributed by atoms with Gasteiger partial charge in [-0.3, -0.25) is 0 Å². The van der Waals surface area contributed by atoms with E-state index in [0.717, 1.165) is 28.0 Å². The number of phenolic OH excluding ortho intramolecular Hbond substituents is 1. The molecule has 4 aromatic rings. The summed E-state index contributed by atoms with van der Waals surface area (Å²) < 4.78 is 41.0. The van der Waals surface area contributed by atoms with Gasteiger partial charge in [-0.2, -0.15) is 0 Å². The summed E-state index contributed by atoms with van der Waals surface area (Å²) in [5.74, 6) is 3.42. The van der Waals surface area contributed by atoms with Gasteiger partial charge in [-0.15, -0.1) is 0 Å². The zero-order valence-electron chi connectivity index (χ0n) is 30.7. The smallest absolute Gasteiger partial charge is 0.161 e.